The van der Waals surface area contributed by atoms with Crippen LogP contribution in [0, 0.1) is 6.92 Å². The highest BCUT2D eigenvalue weighted by atomic mass is 16.1. The number of hydrogen-bond donors (Lipinski definition) is 1. The van der Waals surface area contributed by atoms with Gasteiger partial charge in [0.2, 0.25) is 0 Å². The van der Waals surface area contributed by atoms with E-state index in [1.807, 2.05) is 29.8 Å². The van der Waals surface area contributed by atoms with E-state index in [1.54, 1.807) is 0 Å². The lowest BCUT2D eigenvalue weighted by atomic mass is 9.96. The van der Waals surface area contributed by atoms with Gasteiger partial charge in [-0.15, -0.1) is 5.10 Å². The van der Waals surface area contributed by atoms with Crippen molar-refractivity contribution >= 4 is 16.6 Å². The van der Waals surface area contributed by atoms with Crippen LogP contribution in [-0.4, -0.2) is 31.7 Å². The Labute approximate surface area is 192 Å². The number of H-pyrrole nitrogens is 1. The molecule has 168 valence electrons. The lowest BCUT2D eigenvalue weighted by molar-refractivity contribution is 0.425. The van der Waals surface area contributed by atoms with Crippen molar-refractivity contribution < 1.29 is 0 Å². The van der Waals surface area contributed by atoms with Crippen molar-refractivity contribution in [2.75, 3.05) is 11.4 Å². The summed E-state index contributed by atoms with van der Waals surface area (Å²) >= 11 is 0. The number of nitrogens with one attached hydrogen (secondary N) is 1. The Morgan fingerprint density at radius 2 is 1.91 bits per heavy atom. The molecule has 0 spiro atoms. The van der Waals surface area contributed by atoms with Gasteiger partial charge in [0.15, 0.2) is 5.82 Å². The van der Waals surface area contributed by atoms with E-state index in [2.05, 4.69) is 55.7 Å². The Morgan fingerprint density at radius 1 is 1.06 bits per heavy atom. The molecule has 6 rings (SSSR count). The molecule has 4 aromatic rings. The standard InChI is InChI=1S/C26H28N6O/c1-17-8-6-10-19-16-21(26(33)27-23(17)19)24(25-28-29-30-32(25)20-12-3-4-13-20)31-15-7-11-18-9-2-5-14-22(18)31/h2,5-6,8-10,14,16,20,24H,3-4,7,11-13,15H2,1H3,(H,27,33)/t24-/m0/s1. The second-order valence-corrected chi connectivity index (χ2v) is 9.34. The van der Waals surface area contributed by atoms with Crippen molar-refractivity contribution in [3.8, 4) is 0 Å². The fourth-order valence-corrected chi connectivity index (χ4v) is 5.67. The number of anilines is 1. The van der Waals surface area contributed by atoms with Gasteiger partial charge in [0.25, 0.3) is 5.56 Å². The van der Waals surface area contributed by atoms with E-state index in [-0.39, 0.29) is 11.6 Å². The SMILES string of the molecule is Cc1cccc2cc([C@@H](c3nnnn3C3CCCC3)N3CCCc4ccccc43)c(=O)[nH]c12. The summed E-state index contributed by atoms with van der Waals surface area (Å²) in [6, 6.07) is 16.6. The van der Waals surface area contributed by atoms with Crippen LogP contribution in [0.15, 0.2) is 53.3 Å². The van der Waals surface area contributed by atoms with Gasteiger partial charge >= 0.3 is 0 Å². The predicted octanol–water partition coefficient (Wildman–Crippen LogP) is 4.48. The maximum absolute atomic E-state index is 13.5. The third kappa shape index (κ3) is 3.43. The molecule has 2 aromatic heterocycles. The highest BCUT2D eigenvalue weighted by Gasteiger charge is 2.35. The Kier molecular flexibility index (Phi) is 4.97. The molecule has 1 aliphatic heterocycles. The summed E-state index contributed by atoms with van der Waals surface area (Å²) in [6.45, 7) is 2.88. The molecule has 7 heteroatoms. The van der Waals surface area contributed by atoms with E-state index >= 15 is 0 Å². The first-order valence-electron chi connectivity index (χ1n) is 12.0. The zero-order chi connectivity index (χ0) is 22.4. The van der Waals surface area contributed by atoms with Gasteiger partial charge in [0.1, 0.15) is 6.04 Å². The summed E-state index contributed by atoms with van der Waals surface area (Å²) < 4.78 is 1.99. The molecule has 1 atom stereocenters. The van der Waals surface area contributed by atoms with Gasteiger partial charge in [-0.2, -0.15) is 0 Å². The van der Waals surface area contributed by atoms with E-state index in [1.165, 1.54) is 24.1 Å². The average molecular weight is 441 g/mol. The fourth-order valence-electron chi connectivity index (χ4n) is 5.67. The van der Waals surface area contributed by atoms with Crippen LogP contribution in [0.25, 0.3) is 10.9 Å². The van der Waals surface area contributed by atoms with E-state index < -0.39 is 0 Å². The van der Waals surface area contributed by atoms with Crippen molar-refractivity contribution in [3.63, 3.8) is 0 Å². The molecule has 0 unspecified atom stereocenters. The third-order valence-electron chi connectivity index (χ3n) is 7.30. The summed E-state index contributed by atoms with van der Waals surface area (Å²) in [5.41, 5.74) is 5.04. The number of aromatic amines is 1. The molecule has 0 bridgehead atoms. The molecule has 1 fully saturated rings. The second kappa shape index (κ2) is 8.14. The topological polar surface area (TPSA) is 79.7 Å². The maximum atomic E-state index is 13.5. The Bertz CT molecular complexity index is 1370. The molecule has 33 heavy (non-hydrogen) atoms. The monoisotopic (exact) mass is 440 g/mol. The molecule has 1 aliphatic carbocycles. The number of rotatable bonds is 4. The summed E-state index contributed by atoms with van der Waals surface area (Å²) in [5.74, 6) is 0.760. The van der Waals surface area contributed by atoms with E-state index in [0.29, 0.717) is 11.6 Å². The van der Waals surface area contributed by atoms with E-state index in [9.17, 15) is 4.79 Å². The summed E-state index contributed by atoms with van der Waals surface area (Å²) in [7, 11) is 0. The number of aromatic nitrogens is 5. The first-order valence-corrected chi connectivity index (χ1v) is 12.0. The van der Waals surface area contributed by atoms with Gasteiger partial charge in [0, 0.05) is 17.8 Å². The highest BCUT2D eigenvalue weighted by molar-refractivity contribution is 5.82. The highest BCUT2D eigenvalue weighted by Crippen LogP contribution is 2.38. The zero-order valence-electron chi connectivity index (χ0n) is 18.9. The van der Waals surface area contributed by atoms with Gasteiger partial charge in [-0.1, -0.05) is 49.2 Å². The van der Waals surface area contributed by atoms with E-state index in [4.69, 9.17) is 0 Å². The zero-order valence-corrected chi connectivity index (χ0v) is 18.9. The van der Waals surface area contributed by atoms with Crippen LogP contribution in [-0.2, 0) is 6.42 Å². The van der Waals surface area contributed by atoms with Gasteiger partial charge in [-0.3, -0.25) is 4.79 Å². The number of aryl methyl sites for hydroxylation is 2. The molecule has 0 saturated heterocycles. The molecule has 7 nitrogen and oxygen atoms in total. The van der Waals surface area contributed by atoms with Crippen LogP contribution in [0.3, 0.4) is 0 Å². The molecule has 2 aliphatic rings. The van der Waals surface area contributed by atoms with Gasteiger partial charge in [-0.25, -0.2) is 4.68 Å². The lowest BCUT2D eigenvalue weighted by Crippen LogP contribution is -2.38. The Balaban J connectivity index is 1.58. The van der Waals surface area contributed by atoms with Crippen LogP contribution in [0.4, 0.5) is 5.69 Å². The molecular formula is C26H28N6O. The molecule has 2 aromatic carbocycles. The Hall–Kier alpha value is -3.48. The van der Waals surface area contributed by atoms with E-state index in [0.717, 1.165) is 54.5 Å². The first kappa shape index (κ1) is 20.1. The fraction of sp³-hybridized carbons (Fsp3) is 0.385. The quantitative estimate of drug-likeness (QED) is 0.506. The molecule has 3 heterocycles. The normalized spacial score (nSPS) is 17.4. The smallest absolute Gasteiger partial charge is 0.254 e. The first-order chi connectivity index (χ1) is 16.2. The van der Waals surface area contributed by atoms with Gasteiger partial charge in [-0.05, 0) is 71.7 Å². The number of para-hydroxylation sites is 2. The molecular weight excluding hydrogens is 412 g/mol. The van der Waals surface area contributed by atoms with Crippen LogP contribution < -0.4 is 10.5 Å². The van der Waals surface area contributed by atoms with Crippen LogP contribution in [0.5, 0.6) is 0 Å². The van der Waals surface area contributed by atoms with Crippen molar-refractivity contribution in [2.45, 2.75) is 57.5 Å². The minimum atomic E-state index is -0.351. The van der Waals surface area contributed by atoms with Crippen LogP contribution >= 0.6 is 0 Å². The maximum Gasteiger partial charge on any atom is 0.254 e. The van der Waals surface area contributed by atoms with Crippen molar-refractivity contribution in [2.24, 2.45) is 0 Å². The van der Waals surface area contributed by atoms with Gasteiger partial charge in [0.05, 0.1) is 11.6 Å². The number of benzene rings is 2. The summed E-state index contributed by atoms with van der Waals surface area (Å²) in [6.07, 6.45) is 6.61. The minimum absolute atomic E-state index is 0.0779. The number of fused-ring (bicyclic) bond motifs is 2. The number of tetrazole rings is 1. The van der Waals surface area contributed by atoms with Crippen molar-refractivity contribution in [3.05, 3.63) is 81.4 Å². The average Bonchev–Trinajstić information content (AvgIpc) is 3.53. The number of pyridine rings is 1. The molecule has 0 radical (unpaired) electrons. The van der Waals surface area contributed by atoms with Crippen LogP contribution in [0.2, 0.25) is 0 Å². The molecule has 0 amide bonds. The predicted molar refractivity (Wildman–Crippen MR) is 129 cm³/mol. The molecule has 1 saturated carbocycles. The number of hydrogen-bond acceptors (Lipinski definition) is 5. The van der Waals surface area contributed by atoms with Gasteiger partial charge < -0.3 is 9.88 Å². The lowest BCUT2D eigenvalue weighted by Gasteiger charge is -2.37. The minimum Gasteiger partial charge on any atom is -0.357 e. The van der Waals surface area contributed by atoms with Crippen molar-refractivity contribution in [1.82, 2.24) is 25.2 Å². The summed E-state index contributed by atoms with van der Waals surface area (Å²) in [5, 5.41) is 14.1. The number of nitrogens with zero attached hydrogens (tertiary/aromatic N) is 5. The third-order valence-corrected chi connectivity index (χ3v) is 7.30. The largest absolute Gasteiger partial charge is 0.357 e. The van der Waals surface area contributed by atoms with Crippen LogP contribution in [0.1, 0.15) is 66.7 Å². The van der Waals surface area contributed by atoms with Crippen molar-refractivity contribution in [1.29, 1.82) is 0 Å². The summed E-state index contributed by atoms with van der Waals surface area (Å²) in [4.78, 5) is 19.0. The second-order valence-electron chi connectivity index (χ2n) is 9.34. The molecule has 1 N–H and O–H groups in total. The Morgan fingerprint density at radius 3 is 2.79 bits per heavy atom.